The molecule has 0 aromatic carbocycles. The minimum Gasteiger partial charge on any atom is -0.329 e. The zero-order chi connectivity index (χ0) is 10.5. The molecule has 0 radical (unpaired) electrons. The van der Waals surface area contributed by atoms with E-state index in [1.54, 1.807) is 0 Å². The van der Waals surface area contributed by atoms with E-state index in [0.29, 0.717) is 5.54 Å². The number of fused-ring (bicyclic) bond motifs is 2. The summed E-state index contributed by atoms with van der Waals surface area (Å²) in [5.74, 6) is 1.92. The lowest BCUT2D eigenvalue weighted by atomic mass is 9.76. The molecule has 3 aliphatic carbocycles. The molecule has 0 aliphatic heterocycles. The SMILES string of the molecule is CN(C1CCC1)C1(CN)CC2CCC1C2. The molecule has 0 saturated heterocycles. The first-order chi connectivity index (χ1) is 7.26. The fourth-order valence-electron chi connectivity index (χ4n) is 4.38. The molecule has 2 N–H and O–H groups in total. The van der Waals surface area contributed by atoms with Gasteiger partial charge in [-0.25, -0.2) is 0 Å². The Morgan fingerprint density at radius 1 is 1.27 bits per heavy atom. The number of nitrogens with zero attached hydrogens (tertiary/aromatic N) is 1. The van der Waals surface area contributed by atoms with Gasteiger partial charge in [-0.3, -0.25) is 4.90 Å². The molecule has 3 unspecified atom stereocenters. The summed E-state index contributed by atoms with van der Waals surface area (Å²) >= 11 is 0. The number of hydrogen-bond acceptors (Lipinski definition) is 2. The van der Waals surface area contributed by atoms with Crippen LogP contribution in [0.4, 0.5) is 0 Å². The first-order valence-electron chi connectivity index (χ1n) is 6.69. The Labute approximate surface area is 93.2 Å². The summed E-state index contributed by atoms with van der Waals surface area (Å²) in [5, 5.41) is 0. The molecule has 15 heavy (non-hydrogen) atoms. The van der Waals surface area contributed by atoms with Gasteiger partial charge in [0.25, 0.3) is 0 Å². The molecule has 3 rings (SSSR count). The Kier molecular flexibility index (Phi) is 2.33. The highest BCUT2D eigenvalue weighted by Crippen LogP contribution is 2.54. The Morgan fingerprint density at radius 2 is 2.07 bits per heavy atom. The highest BCUT2D eigenvalue weighted by atomic mass is 15.2. The van der Waals surface area contributed by atoms with E-state index in [0.717, 1.165) is 24.4 Å². The minimum absolute atomic E-state index is 0.397. The van der Waals surface area contributed by atoms with Gasteiger partial charge in [-0.1, -0.05) is 12.8 Å². The molecule has 3 saturated carbocycles. The van der Waals surface area contributed by atoms with Crippen molar-refractivity contribution in [3.05, 3.63) is 0 Å². The third kappa shape index (κ3) is 1.31. The lowest BCUT2D eigenvalue weighted by molar-refractivity contribution is 0.000431. The van der Waals surface area contributed by atoms with Gasteiger partial charge in [0.15, 0.2) is 0 Å². The van der Waals surface area contributed by atoms with Crippen LogP contribution in [0.25, 0.3) is 0 Å². The normalized spacial score (nSPS) is 45.0. The Balaban J connectivity index is 1.79. The van der Waals surface area contributed by atoms with Crippen molar-refractivity contribution in [2.75, 3.05) is 13.6 Å². The molecule has 0 amide bonds. The zero-order valence-electron chi connectivity index (χ0n) is 9.91. The van der Waals surface area contributed by atoms with Gasteiger partial charge in [0.1, 0.15) is 0 Å². The van der Waals surface area contributed by atoms with Crippen LogP contribution in [0.15, 0.2) is 0 Å². The molecule has 0 spiro atoms. The van der Waals surface area contributed by atoms with E-state index in [-0.39, 0.29) is 0 Å². The quantitative estimate of drug-likeness (QED) is 0.768. The van der Waals surface area contributed by atoms with Crippen molar-refractivity contribution in [2.45, 2.75) is 56.5 Å². The molecule has 2 nitrogen and oxygen atoms in total. The second-order valence-electron chi connectivity index (χ2n) is 6.08. The standard InChI is InChI=1S/C13H24N2/c1-15(12-3-2-4-12)13(9-14)8-10-5-6-11(13)7-10/h10-12H,2-9,14H2,1H3. The third-order valence-electron chi connectivity index (χ3n) is 5.62. The lowest BCUT2D eigenvalue weighted by Gasteiger charge is -2.50. The van der Waals surface area contributed by atoms with Crippen LogP contribution >= 0.6 is 0 Å². The van der Waals surface area contributed by atoms with E-state index in [2.05, 4.69) is 11.9 Å². The predicted molar refractivity (Wildman–Crippen MR) is 62.6 cm³/mol. The summed E-state index contributed by atoms with van der Waals surface area (Å²) in [5.41, 5.74) is 6.53. The maximum Gasteiger partial charge on any atom is 0.0362 e. The molecule has 2 bridgehead atoms. The number of likely N-dealkylation sites (N-methyl/N-ethyl adjacent to an activating group) is 1. The molecule has 0 heterocycles. The van der Waals surface area contributed by atoms with Crippen molar-refractivity contribution in [3.63, 3.8) is 0 Å². The van der Waals surface area contributed by atoms with E-state index in [1.165, 1.54) is 44.9 Å². The van der Waals surface area contributed by atoms with Crippen molar-refractivity contribution < 1.29 is 0 Å². The van der Waals surface area contributed by atoms with E-state index in [1.807, 2.05) is 0 Å². The summed E-state index contributed by atoms with van der Waals surface area (Å²) < 4.78 is 0. The lowest BCUT2D eigenvalue weighted by Crippen LogP contribution is -2.60. The van der Waals surface area contributed by atoms with Gasteiger partial charge in [-0.05, 0) is 51.0 Å². The minimum atomic E-state index is 0.397. The van der Waals surface area contributed by atoms with Crippen molar-refractivity contribution >= 4 is 0 Å². The van der Waals surface area contributed by atoms with E-state index in [9.17, 15) is 0 Å². The van der Waals surface area contributed by atoms with Gasteiger partial charge < -0.3 is 5.73 Å². The molecular weight excluding hydrogens is 184 g/mol. The Bertz CT molecular complexity index is 249. The van der Waals surface area contributed by atoms with Gasteiger partial charge in [-0.2, -0.15) is 0 Å². The summed E-state index contributed by atoms with van der Waals surface area (Å²) in [7, 11) is 2.34. The van der Waals surface area contributed by atoms with Crippen molar-refractivity contribution in [3.8, 4) is 0 Å². The van der Waals surface area contributed by atoms with Gasteiger partial charge in [0.05, 0.1) is 0 Å². The van der Waals surface area contributed by atoms with Gasteiger partial charge in [0.2, 0.25) is 0 Å². The van der Waals surface area contributed by atoms with Crippen LogP contribution in [-0.2, 0) is 0 Å². The molecule has 3 atom stereocenters. The second-order valence-corrected chi connectivity index (χ2v) is 6.08. The second kappa shape index (κ2) is 3.46. The van der Waals surface area contributed by atoms with Gasteiger partial charge >= 0.3 is 0 Å². The van der Waals surface area contributed by atoms with Crippen molar-refractivity contribution in [2.24, 2.45) is 17.6 Å². The molecule has 0 aromatic heterocycles. The maximum absolute atomic E-state index is 6.13. The van der Waals surface area contributed by atoms with E-state index < -0.39 is 0 Å². The van der Waals surface area contributed by atoms with Crippen LogP contribution in [0.2, 0.25) is 0 Å². The fourth-order valence-corrected chi connectivity index (χ4v) is 4.38. The predicted octanol–water partition coefficient (Wildman–Crippen LogP) is 1.99. The van der Waals surface area contributed by atoms with Crippen molar-refractivity contribution in [1.29, 1.82) is 0 Å². The molecular formula is C13H24N2. The Morgan fingerprint density at radius 3 is 2.47 bits per heavy atom. The number of rotatable bonds is 3. The van der Waals surface area contributed by atoms with E-state index >= 15 is 0 Å². The van der Waals surface area contributed by atoms with Crippen LogP contribution in [0.1, 0.15) is 44.9 Å². The average Bonchev–Trinajstić information content (AvgIpc) is 2.74. The first kappa shape index (κ1) is 10.1. The van der Waals surface area contributed by atoms with Crippen molar-refractivity contribution in [1.82, 2.24) is 4.90 Å². The topological polar surface area (TPSA) is 29.3 Å². The highest BCUT2D eigenvalue weighted by molar-refractivity contribution is 5.09. The van der Waals surface area contributed by atoms with Gasteiger partial charge in [-0.15, -0.1) is 0 Å². The van der Waals surface area contributed by atoms with Gasteiger partial charge in [0, 0.05) is 18.1 Å². The maximum atomic E-state index is 6.13. The van der Waals surface area contributed by atoms with E-state index in [4.69, 9.17) is 5.73 Å². The smallest absolute Gasteiger partial charge is 0.0362 e. The molecule has 3 aliphatic rings. The molecule has 0 aromatic rings. The molecule has 86 valence electrons. The largest absolute Gasteiger partial charge is 0.329 e. The molecule has 3 fully saturated rings. The van der Waals surface area contributed by atoms with Crippen LogP contribution in [0.5, 0.6) is 0 Å². The molecule has 2 heteroatoms. The number of nitrogens with two attached hydrogens (primary N) is 1. The van der Waals surface area contributed by atoms with Crippen LogP contribution in [0, 0.1) is 11.8 Å². The Hall–Kier alpha value is -0.0800. The third-order valence-corrected chi connectivity index (χ3v) is 5.62. The summed E-state index contributed by atoms with van der Waals surface area (Å²) in [6.45, 7) is 0.890. The summed E-state index contributed by atoms with van der Waals surface area (Å²) in [6, 6.07) is 0.855. The average molecular weight is 208 g/mol. The van der Waals surface area contributed by atoms with Crippen LogP contribution in [0.3, 0.4) is 0 Å². The highest BCUT2D eigenvalue weighted by Gasteiger charge is 2.53. The first-order valence-corrected chi connectivity index (χ1v) is 6.69. The number of hydrogen-bond donors (Lipinski definition) is 1. The zero-order valence-corrected chi connectivity index (χ0v) is 9.91. The monoisotopic (exact) mass is 208 g/mol. The summed E-state index contributed by atoms with van der Waals surface area (Å²) in [6.07, 6.45) is 10.0. The fraction of sp³-hybridized carbons (Fsp3) is 1.00. The van der Waals surface area contributed by atoms with Crippen LogP contribution in [-0.4, -0.2) is 30.1 Å². The van der Waals surface area contributed by atoms with Crippen LogP contribution < -0.4 is 5.73 Å². The summed E-state index contributed by atoms with van der Waals surface area (Å²) in [4.78, 5) is 2.68.